The van der Waals surface area contributed by atoms with Crippen LogP contribution < -0.4 is 5.32 Å². The molecular formula is C22H24N8O2S2. The van der Waals surface area contributed by atoms with Gasteiger partial charge in [-0.2, -0.15) is 15.5 Å². The lowest BCUT2D eigenvalue weighted by atomic mass is 9.75. The molecule has 0 atom stereocenters. The number of rotatable bonds is 9. The van der Waals surface area contributed by atoms with Crippen molar-refractivity contribution < 1.29 is 8.42 Å². The van der Waals surface area contributed by atoms with E-state index in [0.717, 1.165) is 46.4 Å². The minimum atomic E-state index is -2.99. The maximum atomic E-state index is 11.3. The fourth-order valence-electron chi connectivity index (χ4n) is 4.21. The van der Waals surface area contributed by atoms with Crippen LogP contribution in [0.15, 0.2) is 36.2 Å². The Morgan fingerprint density at radius 1 is 1.24 bits per heavy atom. The third-order valence-corrected chi connectivity index (χ3v) is 8.07. The zero-order valence-electron chi connectivity index (χ0n) is 18.7. The quantitative estimate of drug-likeness (QED) is 0.371. The van der Waals surface area contributed by atoms with Gasteiger partial charge in [0, 0.05) is 30.8 Å². The number of anilines is 2. The summed E-state index contributed by atoms with van der Waals surface area (Å²) in [7, 11) is -2.99. The molecule has 34 heavy (non-hydrogen) atoms. The van der Waals surface area contributed by atoms with E-state index in [1.54, 1.807) is 22.2 Å². The highest BCUT2D eigenvalue weighted by molar-refractivity contribution is 7.90. The summed E-state index contributed by atoms with van der Waals surface area (Å²) >= 11 is 1.58. The van der Waals surface area contributed by atoms with Gasteiger partial charge in [0.15, 0.2) is 0 Å². The van der Waals surface area contributed by atoms with Crippen molar-refractivity contribution in [1.29, 1.82) is 5.26 Å². The zero-order chi connectivity index (χ0) is 23.8. The fourth-order valence-corrected chi connectivity index (χ4v) is 5.70. The molecule has 4 aromatic rings. The van der Waals surface area contributed by atoms with Crippen LogP contribution in [0.5, 0.6) is 0 Å². The molecule has 0 spiro atoms. The van der Waals surface area contributed by atoms with Crippen molar-refractivity contribution >= 4 is 43.0 Å². The summed E-state index contributed by atoms with van der Waals surface area (Å²) in [6, 6.07) is 4.27. The molecule has 12 heteroatoms. The van der Waals surface area contributed by atoms with Gasteiger partial charge in [0.2, 0.25) is 5.95 Å². The Bertz CT molecular complexity index is 1470. The van der Waals surface area contributed by atoms with Crippen LogP contribution in [0.1, 0.15) is 32.1 Å². The molecule has 4 aromatic heterocycles. The SMILES string of the molecule is CS(=O)(=O)CCCn1cc(Nc2nc(-c3cnn(C4(CC#N)CCC4)c3)c3sccc3n2)cn1. The Balaban J connectivity index is 1.39. The molecule has 0 amide bonds. The number of hydrogen-bond acceptors (Lipinski definition) is 9. The first-order valence-electron chi connectivity index (χ1n) is 11.0. The molecule has 1 fully saturated rings. The van der Waals surface area contributed by atoms with Crippen LogP contribution in [-0.4, -0.2) is 50.0 Å². The van der Waals surface area contributed by atoms with Gasteiger partial charge >= 0.3 is 0 Å². The zero-order valence-corrected chi connectivity index (χ0v) is 20.3. The topological polar surface area (TPSA) is 131 Å². The van der Waals surface area contributed by atoms with Gasteiger partial charge in [-0.1, -0.05) is 0 Å². The number of nitrogens with zero attached hydrogens (tertiary/aromatic N) is 7. The first kappa shape index (κ1) is 22.5. The number of aryl methyl sites for hydroxylation is 1. The smallest absolute Gasteiger partial charge is 0.228 e. The van der Waals surface area contributed by atoms with Crippen LogP contribution in [0.2, 0.25) is 0 Å². The molecule has 1 saturated carbocycles. The molecule has 4 heterocycles. The maximum Gasteiger partial charge on any atom is 0.228 e. The summed E-state index contributed by atoms with van der Waals surface area (Å²) in [4.78, 5) is 9.42. The molecule has 10 nitrogen and oxygen atoms in total. The van der Waals surface area contributed by atoms with Crippen LogP contribution in [0.25, 0.3) is 21.5 Å². The van der Waals surface area contributed by atoms with Crippen molar-refractivity contribution in [2.45, 2.75) is 44.2 Å². The van der Waals surface area contributed by atoms with Gasteiger partial charge in [0.05, 0.1) is 57.8 Å². The molecular weight excluding hydrogens is 472 g/mol. The van der Waals surface area contributed by atoms with Crippen LogP contribution in [-0.2, 0) is 21.9 Å². The van der Waals surface area contributed by atoms with Crippen molar-refractivity contribution in [3.8, 4) is 17.3 Å². The number of sulfone groups is 1. The van der Waals surface area contributed by atoms with Gasteiger partial charge in [-0.3, -0.25) is 9.36 Å². The summed E-state index contributed by atoms with van der Waals surface area (Å²) in [5.41, 5.74) is 3.03. The highest BCUT2D eigenvalue weighted by Crippen LogP contribution is 2.42. The summed E-state index contributed by atoms with van der Waals surface area (Å²) in [5.74, 6) is 0.569. The highest BCUT2D eigenvalue weighted by Gasteiger charge is 2.39. The van der Waals surface area contributed by atoms with Crippen LogP contribution >= 0.6 is 11.3 Å². The predicted molar refractivity (Wildman–Crippen MR) is 131 cm³/mol. The van der Waals surface area contributed by atoms with Crippen molar-refractivity contribution in [2.75, 3.05) is 17.3 Å². The van der Waals surface area contributed by atoms with E-state index >= 15 is 0 Å². The molecule has 0 bridgehead atoms. The van der Waals surface area contributed by atoms with Crippen molar-refractivity contribution in [3.63, 3.8) is 0 Å². The number of nitriles is 1. The first-order chi connectivity index (χ1) is 16.4. The molecule has 0 aliphatic heterocycles. The highest BCUT2D eigenvalue weighted by atomic mass is 32.2. The van der Waals surface area contributed by atoms with Gasteiger partial charge < -0.3 is 5.32 Å². The van der Waals surface area contributed by atoms with E-state index in [0.29, 0.717) is 25.3 Å². The summed E-state index contributed by atoms with van der Waals surface area (Å²) in [6.45, 7) is 0.508. The minimum Gasteiger partial charge on any atom is -0.321 e. The van der Waals surface area contributed by atoms with E-state index in [-0.39, 0.29) is 11.3 Å². The third kappa shape index (κ3) is 4.53. The predicted octanol–water partition coefficient (Wildman–Crippen LogP) is 3.72. The monoisotopic (exact) mass is 496 g/mol. The van der Waals surface area contributed by atoms with Crippen LogP contribution in [0.3, 0.4) is 0 Å². The van der Waals surface area contributed by atoms with Crippen molar-refractivity contribution in [3.05, 3.63) is 36.2 Å². The second kappa shape index (κ2) is 8.81. The Hall–Kier alpha value is -3.30. The third-order valence-electron chi connectivity index (χ3n) is 6.13. The summed E-state index contributed by atoms with van der Waals surface area (Å²) < 4.78 is 27.3. The molecule has 0 aromatic carbocycles. The van der Waals surface area contributed by atoms with Gasteiger partial charge in [0.1, 0.15) is 9.84 Å². The van der Waals surface area contributed by atoms with Crippen LogP contribution in [0, 0.1) is 11.3 Å². The van der Waals surface area contributed by atoms with E-state index in [9.17, 15) is 13.7 Å². The number of aromatic nitrogens is 6. The first-order valence-corrected chi connectivity index (χ1v) is 13.9. The van der Waals surface area contributed by atoms with E-state index < -0.39 is 9.84 Å². The molecule has 5 rings (SSSR count). The van der Waals surface area contributed by atoms with Gasteiger partial charge in [-0.15, -0.1) is 11.3 Å². The molecule has 0 saturated heterocycles. The molecule has 0 radical (unpaired) electrons. The molecule has 1 aliphatic rings. The standard InChI is InChI=1S/C22H24N8O2S2/c1-34(31,32)11-3-9-29-15-17(13-24-29)26-21-27-18-4-10-33-20(18)19(28-21)16-12-25-30(14-16)22(7-8-23)5-2-6-22/h4,10,12-15H,2-3,5-7,9,11H2,1H3,(H,26,27,28). The Labute approximate surface area is 201 Å². The Kier molecular flexibility index (Phi) is 5.83. The van der Waals surface area contributed by atoms with Gasteiger partial charge in [0.25, 0.3) is 0 Å². The number of fused-ring (bicyclic) bond motifs is 1. The lowest BCUT2D eigenvalue weighted by Gasteiger charge is -2.40. The molecule has 1 aliphatic carbocycles. The van der Waals surface area contributed by atoms with E-state index in [1.807, 2.05) is 34.7 Å². The average molecular weight is 497 g/mol. The average Bonchev–Trinajstić information content (AvgIpc) is 3.50. The van der Waals surface area contributed by atoms with E-state index in [1.165, 1.54) is 6.26 Å². The lowest BCUT2D eigenvalue weighted by molar-refractivity contribution is 0.130. The van der Waals surface area contributed by atoms with Crippen LogP contribution in [0.4, 0.5) is 11.6 Å². The molecule has 1 N–H and O–H groups in total. The Morgan fingerprint density at radius 3 is 2.82 bits per heavy atom. The van der Waals surface area contributed by atoms with Gasteiger partial charge in [-0.05, 0) is 37.1 Å². The normalized spacial score (nSPS) is 15.2. The second-order valence-electron chi connectivity index (χ2n) is 8.72. The molecule has 0 unspecified atom stereocenters. The van der Waals surface area contributed by atoms with Crippen molar-refractivity contribution in [2.24, 2.45) is 0 Å². The van der Waals surface area contributed by atoms with Crippen molar-refractivity contribution in [1.82, 2.24) is 29.5 Å². The Morgan fingerprint density at radius 2 is 2.09 bits per heavy atom. The fraction of sp³-hybridized carbons (Fsp3) is 0.409. The molecule has 176 valence electrons. The van der Waals surface area contributed by atoms with Gasteiger partial charge in [-0.25, -0.2) is 18.4 Å². The maximum absolute atomic E-state index is 11.3. The minimum absolute atomic E-state index is 0.125. The second-order valence-corrected chi connectivity index (χ2v) is 11.9. The number of thiophene rings is 1. The summed E-state index contributed by atoms with van der Waals surface area (Å²) in [5, 5.41) is 23.4. The lowest BCUT2D eigenvalue weighted by Crippen LogP contribution is -2.40. The number of nitrogens with one attached hydrogen (secondary N) is 1. The van der Waals surface area contributed by atoms with E-state index in [2.05, 4.69) is 26.6 Å². The summed E-state index contributed by atoms with van der Waals surface area (Å²) in [6.07, 6.45) is 12.5. The largest absolute Gasteiger partial charge is 0.321 e. The van der Waals surface area contributed by atoms with E-state index in [4.69, 9.17) is 4.98 Å². The number of hydrogen-bond donors (Lipinski definition) is 1.